The van der Waals surface area contributed by atoms with Gasteiger partial charge in [0.1, 0.15) is 17.1 Å². The Hall–Kier alpha value is -3.93. The van der Waals surface area contributed by atoms with Gasteiger partial charge in [-0.05, 0) is 54.3 Å². The van der Waals surface area contributed by atoms with E-state index in [0.29, 0.717) is 19.6 Å². The van der Waals surface area contributed by atoms with Gasteiger partial charge in [0.15, 0.2) is 5.43 Å². The monoisotopic (exact) mass is 471 g/mol. The molecule has 0 fully saturated rings. The highest BCUT2D eigenvalue weighted by Gasteiger charge is 2.42. The van der Waals surface area contributed by atoms with Crippen molar-refractivity contribution >= 4 is 16.9 Å². The lowest BCUT2D eigenvalue weighted by molar-refractivity contribution is 0.0730. The van der Waals surface area contributed by atoms with Crippen LogP contribution in [0.25, 0.3) is 11.0 Å². The van der Waals surface area contributed by atoms with Crippen LogP contribution in [0.5, 0.6) is 5.75 Å². The number of ether oxygens (including phenoxy) is 1. The molecule has 4 aromatic rings. The zero-order valence-electron chi connectivity index (χ0n) is 19.5. The molecule has 35 heavy (non-hydrogen) atoms. The van der Waals surface area contributed by atoms with Gasteiger partial charge < -0.3 is 14.1 Å². The molecule has 0 saturated carbocycles. The molecule has 1 aromatic heterocycles. The van der Waals surface area contributed by atoms with E-state index in [1.807, 2.05) is 54.6 Å². The fourth-order valence-corrected chi connectivity index (χ4v) is 4.54. The normalized spacial score (nSPS) is 15.0. The first-order valence-electron chi connectivity index (χ1n) is 11.9. The van der Waals surface area contributed by atoms with E-state index in [9.17, 15) is 14.0 Å². The van der Waals surface area contributed by atoms with Crippen molar-refractivity contribution in [3.05, 3.63) is 111 Å². The van der Waals surface area contributed by atoms with E-state index in [1.165, 1.54) is 18.2 Å². The summed E-state index contributed by atoms with van der Waals surface area (Å²) in [6.07, 6.45) is 2.63. The van der Waals surface area contributed by atoms with Gasteiger partial charge in [-0.3, -0.25) is 9.59 Å². The molecule has 1 atom stereocenters. The second-order valence-electron chi connectivity index (χ2n) is 8.72. The van der Waals surface area contributed by atoms with Gasteiger partial charge in [-0.25, -0.2) is 4.39 Å². The van der Waals surface area contributed by atoms with E-state index < -0.39 is 11.9 Å². The number of halogens is 1. The van der Waals surface area contributed by atoms with Crippen molar-refractivity contribution in [2.75, 3.05) is 13.2 Å². The van der Waals surface area contributed by atoms with Crippen molar-refractivity contribution in [3.63, 3.8) is 0 Å². The molecule has 178 valence electrons. The third-order valence-corrected chi connectivity index (χ3v) is 6.37. The van der Waals surface area contributed by atoms with Gasteiger partial charge in [0.25, 0.3) is 5.91 Å². The molecule has 0 bridgehead atoms. The molecule has 0 N–H and O–H groups in total. The van der Waals surface area contributed by atoms with Gasteiger partial charge in [0.2, 0.25) is 5.76 Å². The maximum Gasteiger partial charge on any atom is 0.290 e. The smallest absolute Gasteiger partial charge is 0.290 e. The van der Waals surface area contributed by atoms with E-state index in [2.05, 4.69) is 6.92 Å². The minimum atomic E-state index is -0.630. The largest absolute Gasteiger partial charge is 0.494 e. The predicted molar refractivity (Wildman–Crippen MR) is 132 cm³/mol. The number of hydrogen-bond acceptors (Lipinski definition) is 4. The zero-order chi connectivity index (χ0) is 24.4. The molecule has 0 spiro atoms. The Labute approximate surface area is 202 Å². The topological polar surface area (TPSA) is 59.8 Å². The summed E-state index contributed by atoms with van der Waals surface area (Å²) in [5, 5.41) is 0.131. The molecule has 6 heteroatoms. The standard InChI is InChI=1S/C29H26FNO4/c1-2-3-17-34-22-12-9-20(10-13-22)26-25-27(32)23-18-21(30)11-14-24(23)35-28(25)29(33)31(26)16-15-19-7-5-4-6-8-19/h4-14,18,26H,2-3,15-17H2,1H3. The fraction of sp³-hybridized carbons (Fsp3) is 0.241. The number of carbonyl (C=O) groups is 1. The van der Waals surface area contributed by atoms with E-state index in [1.54, 1.807) is 4.90 Å². The Morgan fingerprint density at radius 1 is 1.00 bits per heavy atom. The maximum absolute atomic E-state index is 14.0. The Kier molecular flexibility index (Phi) is 6.36. The van der Waals surface area contributed by atoms with Crippen LogP contribution in [0, 0.1) is 5.82 Å². The maximum atomic E-state index is 14.0. The lowest BCUT2D eigenvalue weighted by Crippen LogP contribution is -2.31. The summed E-state index contributed by atoms with van der Waals surface area (Å²) in [5.41, 5.74) is 1.93. The van der Waals surface area contributed by atoms with Gasteiger partial charge in [0.05, 0.1) is 23.6 Å². The SMILES string of the molecule is CCCCOc1ccc(C2c3c(oc4ccc(F)cc4c3=O)C(=O)N2CCc2ccccc2)cc1. The highest BCUT2D eigenvalue weighted by molar-refractivity contribution is 5.99. The van der Waals surface area contributed by atoms with Gasteiger partial charge in [0, 0.05) is 6.54 Å². The number of benzene rings is 3. The second-order valence-corrected chi connectivity index (χ2v) is 8.72. The van der Waals surface area contributed by atoms with Crippen LogP contribution in [0.1, 0.15) is 53.1 Å². The van der Waals surface area contributed by atoms with Gasteiger partial charge in [-0.1, -0.05) is 55.8 Å². The number of rotatable bonds is 8. The summed E-state index contributed by atoms with van der Waals surface area (Å²) in [7, 11) is 0. The first-order valence-corrected chi connectivity index (χ1v) is 11.9. The quantitative estimate of drug-likeness (QED) is 0.300. The van der Waals surface area contributed by atoms with Crippen molar-refractivity contribution in [2.45, 2.75) is 32.2 Å². The molecule has 5 rings (SSSR count). The Bertz CT molecular complexity index is 1410. The average molecular weight is 472 g/mol. The van der Waals surface area contributed by atoms with Gasteiger partial charge >= 0.3 is 0 Å². The third-order valence-electron chi connectivity index (χ3n) is 6.37. The summed E-state index contributed by atoms with van der Waals surface area (Å²) in [5.74, 6) is -0.113. The molecule has 1 amide bonds. The molecule has 1 aliphatic heterocycles. The molecular formula is C29H26FNO4. The minimum absolute atomic E-state index is 0.0236. The molecular weight excluding hydrogens is 445 g/mol. The zero-order valence-corrected chi connectivity index (χ0v) is 19.5. The van der Waals surface area contributed by atoms with E-state index in [0.717, 1.165) is 29.7 Å². The summed E-state index contributed by atoms with van der Waals surface area (Å²) >= 11 is 0. The molecule has 0 radical (unpaired) electrons. The van der Waals surface area contributed by atoms with Crippen LogP contribution < -0.4 is 10.2 Å². The van der Waals surface area contributed by atoms with Crippen LogP contribution >= 0.6 is 0 Å². The number of unbranched alkanes of at least 4 members (excludes halogenated alkanes) is 1. The average Bonchev–Trinajstić information content (AvgIpc) is 3.16. The van der Waals surface area contributed by atoms with Crippen molar-refractivity contribution in [2.24, 2.45) is 0 Å². The van der Waals surface area contributed by atoms with E-state index in [-0.39, 0.29) is 33.6 Å². The molecule has 2 heterocycles. The Morgan fingerprint density at radius 3 is 2.51 bits per heavy atom. The molecule has 1 unspecified atom stereocenters. The highest BCUT2D eigenvalue weighted by Crippen LogP contribution is 2.38. The predicted octanol–water partition coefficient (Wildman–Crippen LogP) is 5.90. The Balaban J connectivity index is 1.56. The van der Waals surface area contributed by atoms with Gasteiger partial charge in [-0.2, -0.15) is 0 Å². The first kappa shape index (κ1) is 22.8. The van der Waals surface area contributed by atoms with Crippen LogP contribution in [0.3, 0.4) is 0 Å². The third kappa shape index (κ3) is 4.44. The Morgan fingerprint density at radius 2 is 1.77 bits per heavy atom. The van der Waals surface area contributed by atoms with E-state index in [4.69, 9.17) is 9.15 Å². The number of carbonyl (C=O) groups excluding carboxylic acids is 1. The van der Waals surface area contributed by atoms with Crippen molar-refractivity contribution in [1.82, 2.24) is 4.90 Å². The molecule has 0 aliphatic carbocycles. The number of amides is 1. The summed E-state index contributed by atoms with van der Waals surface area (Å²) in [6, 6.07) is 20.5. The lowest BCUT2D eigenvalue weighted by atomic mass is 9.98. The highest BCUT2D eigenvalue weighted by atomic mass is 19.1. The van der Waals surface area contributed by atoms with Crippen LogP contribution in [0.2, 0.25) is 0 Å². The number of fused-ring (bicyclic) bond motifs is 2. The van der Waals surface area contributed by atoms with Crippen LogP contribution in [0.15, 0.2) is 82.0 Å². The second kappa shape index (κ2) is 9.74. The number of nitrogens with zero attached hydrogens (tertiary/aromatic N) is 1. The van der Waals surface area contributed by atoms with Crippen molar-refractivity contribution in [1.29, 1.82) is 0 Å². The molecule has 5 nitrogen and oxygen atoms in total. The molecule has 1 aliphatic rings. The molecule has 0 saturated heterocycles. The van der Waals surface area contributed by atoms with Crippen LogP contribution in [0.4, 0.5) is 4.39 Å². The summed E-state index contributed by atoms with van der Waals surface area (Å²) in [6.45, 7) is 3.13. The minimum Gasteiger partial charge on any atom is -0.494 e. The number of hydrogen-bond donors (Lipinski definition) is 0. The van der Waals surface area contributed by atoms with Crippen molar-refractivity contribution < 1.29 is 18.3 Å². The van der Waals surface area contributed by atoms with E-state index >= 15 is 0 Å². The lowest BCUT2D eigenvalue weighted by Gasteiger charge is -2.25. The summed E-state index contributed by atoms with van der Waals surface area (Å²) in [4.78, 5) is 28.7. The van der Waals surface area contributed by atoms with Crippen molar-refractivity contribution in [3.8, 4) is 5.75 Å². The molecule has 3 aromatic carbocycles. The van der Waals surface area contributed by atoms with Crippen LogP contribution in [-0.4, -0.2) is 24.0 Å². The first-order chi connectivity index (χ1) is 17.1. The van der Waals surface area contributed by atoms with Crippen LogP contribution in [-0.2, 0) is 6.42 Å². The van der Waals surface area contributed by atoms with Gasteiger partial charge in [-0.15, -0.1) is 0 Å². The fourth-order valence-electron chi connectivity index (χ4n) is 4.54. The summed E-state index contributed by atoms with van der Waals surface area (Å²) < 4.78 is 25.6.